The summed E-state index contributed by atoms with van der Waals surface area (Å²) in [7, 11) is -3.69. The third-order valence-corrected chi connectivity index (χ3v) is 5.60. The van der Waals surface area contributed by atoms with Crippen molar-refractivity contribution in [3.63, 3.8) is 0 Å². The van der Waals surface area contributed by atoms with Gasteiger partial charge in [0.05, 0.1) is 10.5 Å². The van der Waals surface area contributed by atoms with Gasteiger partial charge in [-0.3, -0.25) is 4.90 Å². The molecule has 0 spiro atoms. The fourth-order valence-corrected chi connectivity index (χ4v) is 4.21. The number of nitrogens with one attached hydrogen (secondary N) is 1. The van der Waals surface area contributed by atoms with Crippen molar-refractivity contribution in [1.82, 2.24) is 9.62 Å². The summed E-state index contributed by atoms with van der Waals surface area (Å²) in [5, 5.41) is 9.08. The predicted molar refractivity (Wildman–Crippen MR) is 78.9 cm³/mol. The van der Waals surface area contributed by atoms with Crippen molar-refractivity contribution in [3.8, 4) is 6.07 Å². The van der Waals surface area contributed by atoms with E-state index in [1.165, 1.54) is 31.0 Å². The molecule has 1 saturated carbocycles. The average molecular weight is 306 g/mol. The van der Waals surface area contributed by atoms with Gasteiger partial charge in [0.1, 0.15) is 6.07 Å². The van der Waals surface area contributed by atoms with Gasteiger partial charge in [0.25, 0.3) is 0 Å². The summed E-state index contributed by atoms with van der Waals surface area (Å²) >= 11 is 0. The molecule has 2 fully saturated rings. The molecular weight excluding hydrogens is 288 g/mol. The Morgan fingerprint density at radius 1 is 1.33 bits per heavy atom. The van der Waals surface area contributed by atoms with Crippen molar-refractivity contribution in [1.29, 1.82) is 5.26 Å². The first-order valence-electron chi connectivity index (χ1n) is 7.05. The first-order valence-corrected chi connectivity index (χ1v) is 8.54. The van der Waals surface area contributed by atoms with E-state index in [1.54, 1.807) is 0 Å². The molecule has 1 aliphatic heterocycles. The van der Waals surface area contributed by atoms with Crippen molar-refractivity contribution >= 4 is 15.7 Å². The molecular formula is C14H18N4O2S. The molecule has 0 bridgehead atoms. The fourth-order valence-electron chi connectivity index (χ4n) is 2.81. The van der Waals surface area contributed by atoms with Gasteiger partial charge in [0.15, 0.2) is 0 Å². The van der Waals surface area contributed by atoms with Gasteiger partial charge in [-0.1, -0.05) is 0 Å². The van der Waals surface area contributed by atoms with Crippen LogP contribution in [0.5, 0.6) is 0 Å². The number of nitrogens with two attached hydrogens (primary N) is 1. The van der Waals surface area contributed by atoms with Crippen molar-refractivity contribution in [2.45, 2.75) is 36.2 Å². The molecule has 1 heterocycles. The monoisotopic (exact) mass is 306 g/mol. The maximum Gasteiger partial charge on any atom is 0.242 e. The lowest BCUT2D eigenvalue weighted by atomic mass is 10.2. The number of nitrogen functional groups attached to an aromatic ring is 1. The normalized spacial score (nSPS) is 23.1. The molecule has 112 valence electrons. The van der Waals surface area contributed by atoms with Crippen LogP contribution in [0.1, 0.15) is 24.8 Å². The van der Waals surface area contributed by atoms with Crippen LogP contribution >= 0.6 is 0 Å². The van der Waals surface area contributed by atoms with Crippen LogP contribution in [0, 0.1) is 11.3 Å². The third-order valence-electron chi connectivity index (χ3n) is 4.02. The molecule has 3 N–H and O–H groups in total. The largest absolute Gasteiger partial charge is 0.399 e. The van der Waals surface area contributed by atoms with Crippen LogP contribution in [0.3, 0.4) is 0 Å². The van der Waals surface area contributed by atoms with Crippen molar-refractivity contribution in [2.75, 3.05) is 18.8 Å². The van der Waals surface area contributed by atoms with Crippen molar-refractivity contribution < 1.29 is 8.42 Å². The Kier molecular flexibility index (Phi) is 3.61. The number of nitrogens with zero attached hydrogens (tertiary/aromatic N) is 2. The molecule has 1 aliphatic carbocycles. The molecule has 2 aliphatic rings. The smallest absolute Gasteiger partial charge is 0.242 e. The lowest BCUT2D eigenvalue weighted by molar-refractivity contribution is 0.322. The SMILES string of the molecule is N#Cc1cc(N)ccc1S(=O)(=O)NC1CCN(C2CC2)C1. The zero-order valence-corrected chi connectivity index (χ0v) is 12.4. The zero-order valence-electron chi connectivity index (χ0n) is 11.6. The molecule has 0 amide bonds. The quantitative estimate of drug-likeness (QED) is 0.796. The van der Waals surface area contributed by atoms with Gasteiger partial charge in [-0.05, 0) is 37.5 Å². The maximum atomic E-state index is 12.4. The minimum absolute atomic E-state index is 0.00377. The van der Waals surface area contributed by atoms with Crippen LogP contribution in [0.15, 0.2) is 23.1 Å². The van der Waals surface area contributed by atoms with Gasteiger partial charge in [0, 0.05) is 30.9 Å². The summed E-state index contributed by atoms with van der Waals surface area (Å²) in [5.41, 5.74) is 6.06. The summed E-state index contributed by atoms with van der Waals surface area (Å²) in [4.78, 5) is 2.34. The van der Waals surface area contributed by atoms with E-state index in [-0.39, 0.29) is 16.5 Å². The second kappa shape index (κ2) is 5.30. The van der Waals surface area contributed by atoms with E-state index < -0.39 is 10.0 Å². The first-order chi connectivity index (χ1) is 9.99. The van der Waals surface area contributed by atoms with Gasteiger partial charge in [0.2, 0.25) is 10.0 Å². The molecule has 0 radical (unpaired) electrons. The Bertz CT molecular complexity index is 691. The minimum Gasteiger partial charge on any atom is -0.399 e. The Hall–Kier alpha value is -1.62. The molecule has 1 unspecified atom stereocenters. The summed E-state index contributed by atoms with van der Waals surface area (Å²) < 4.78 is 27.6. The highest BCUT2D eigenvalue weighted by molar-refractivity contribution is 7.89. The number of hydrogen-bond donors (Lipinski definition) is 2. The minimum atomic E-state index is -3.69. The second-order valence-electron chi connectivity index (χ2n) is 5.70. The van der Waals surface area contributed by atoms with Gasteiger partial charge < -0.3 is 5.73 Å². The number of hydrogen-bond acceptors (Lipinski definition) is 5. The topological polar surface area (TPSA) is 99.2 Å². The number of sulfonamides is 1. The van der Waals surface area contributed by atoms with E-state index in [1.807, 2.05) is 6.07 Å². The maximum absolute atomic E-state index is 12.4. The Labute approximate surface area is 124 Å². The van der Waals surface area contributed by atoms with Crippen LogP contribution in [-0.2, 0) is 10.0 Å². The summed E-state index contributed by atoms with van der Waals surface area (Å²) in [6.07, 6.45) is 3.25. The van der Waals surface area contributed by atoms with Crippen molar-refractivity contribution in [3.05, 3.63) is 23.8 Å². The molecule has 1 aromatic rings. The number of nitriles is 1. The first kappa shape index (κ1) is 14.3. The van der Waals surface area contributed by atoms with E-state index in [2.05, 4.69) is 9.62 Å². The van der Waals surface area contributed by atoms with Gasteiger partial charge in [-0.2, -0.15) is 5.26 Å². The lowest BCUT2D eigenvalue weighted by Gasteiger charge is -2.16. The average Bonchev–Trinajstić information content (AvgIpc) is 3.19. The fraction of sp³-hybridized carbons (Fsp3) is 0.500. The van der Waals surface area contributed by atoms with E-state index in [4.69, 9.17) is 11.0 Å². The molecule has 7 heteroatoms. The number of rotatable bonds is 4. The molecule has 0 aromatic heterocycles. The highest BCUT2D eigenvalue weighted by atomic mass is 32.2. The molecule has 1 saturated heterocycles. The van der Waals surface area contributed by atoms with Gasteiger partial charge >= 0.3 is 0 Å². The van der Waals surface area contributed by atoms with E-state index in [0.717, 1.165) is 19.5 Å². The second-order valence-corrected chi connectivity index (χ2v) is 7.38. The Morgan fingerprint density at radius 2 is 2.10 bits per heavy atom. The molecule has 1 aromatic carbocycles. The summed E-state index contributed by atoms with van der Waals surface area (Å²) in [6, 6.07) is 6.74. The highest BCUT2D eigenvalue weighted by Crippen LogP contribution is 2.30. The predicted octanol–water partition coefficient (Wildman–Crippen LogP) is 0.655. The van der Waals surface area contributed by atoms with E-state index in [0.29, 0.717) is 11.7 Å². The van der Waals surface area contributed by atoms with Crippen LogP contribution in [-0.4, -0.2) is 38.5 Å². The van der Waals surface area contributed by atoms with Gasteiger partial charge in [-0.15, -0.1) is 0 Å². The standard InChI is InChI=1S/C14H18N4O2S/c15-8-10-7-11(16)1-4-14(10)21(19,20)17-12-5-6-18(9-12)13-2-3-13/h1,4,7,12-13,17H,2-3,5-6,9,16H2. The lowest BCUT2D eigenvalue weighted by Crippen LogP contribution is -2.37. The van der Waals surface area contributed by atoms with Crippen molar-refractivity contribution in [2.24, 2.45) is 0 Å². The van der Waals surface area contributed by atoms with Crippen LogP contribution in [0.2, 0.25) is 0 Å². The zero-order chi connectivity index (χ0) is 15.0. The molecule has 21 heavy (non-hydrogen) atoms. The highest BCUT2D eigenvalue weighted by Gasteiger charge is 2.36. The number of likely N-dealkylation sites (tertiary alicyclic amines) is 1. The van der Waals surface area contributed by atoms with Gasteiger partial charge in [-0.25, -0.2) is 13.1 Å². The summed E-state index contributed by atoms with van der Waals surface area (Å²) in [6.45, 7) is 1.69. The van der Waals surface area contributed by atoms with E-state index in [9.17, 15) is 8.42 Å². The number of anilines is 1. The Morgan fingerprint density at radius 3 is 2.76 bits per heavy atom. The molecule has 1 atom stereocenters. The molecule has 6 nitrogen and oxygen atoms in total. The number of benzene rings is 1. The summed E-state index contributed by atoms with van der Waals surface area (Å²) in [5.74, 6) is 0. The molecule has 3 rings (SSSR count). The Balaban J connectivity index is 1.76. The van der Waals surface area contributed by atoms with Crippen LogP contribution in [0.25, 0.3) is 0 Å². The van der Waals surface area contributed by atoms with Crippen LogP contribution < -0.4 is 10.5 Å². The van der Waals surface area contributed by atoms with Crippen LogP contribution in [0.4, 0.5) is 5.69 Å². The third kappa shape index (κ3) is 3.02. The van der Waals surface area contributed by atoms with E-state index >= 15 is 0 Å².